The molecular formula is C25H26O6. The number of rotatable bonds is 7. The molecule has 6 nitrogen and oxygen atoms in total. The second-order valence-electron chi connectivity index (χ2n) is 7.07. The van der Waals surface area contributed by atoms with Crippen LogP contribution in [0.25, 0.3) is 5.76 Å². The Balaban J connectivity index is 2.07. The zero-order valence-electron chi connectivity index (χ0n) is 18.5. The predicted molar refractivity (Wildman–Crippen MR) is 120 cm³/mol. The molecule has 0 radical (unpaired) electrons. The molecule has 0 aromatic heterocycles. The van der Waals surface area contributed by atoms with Crippen molar-refractivity contribution < 1.29 is 28.8 Å². The first-order chi connectivity index (χ1) is 14.9. The fourth-order valence-electron chi connectivity index (χ4n) is 3.52. The van der Waals surface area contributed by atoms with Gasteiger partial charge in [-0.15, -0.1) is 0 Å². The average Bonchev–Trinajstić information content (AvgIpc) is 3.28. The van der Waals surface area contributed by atoms with Crippen LogP contribution in [0, 0.1) is 13.8 Å². The molecule has 0 aliphatic heterocycles. The summed E-state index contributed by atoms with van der Waals surface area (Å²) in [6.07, 6.45) is 5.12. The summed E-state index contributed by atoms with van der Waals surface area (Å²) in [6, 6.07) is 6.82. The normalized spacial score (nSPS) is 14.2. The fourth-order valence-corrected chi connectivity index (χ4v) is 3.52. The SMILES string of the molecule is COc1cc(C(O)=C2C=CC=C2C(=O)c2cc(OC)c(OC)c(OC)c2)cc(C)c1C. The molecule has 6 heteroatoms. The second-order valence-corrected chi connectivity index (χ2v) is 7.07. The molecule has 162 valence electrons. The number of hydrogen-bond acceptors (Lipinski definition) is 6. The highest BCUT2D eigenvalue weighted by atomic mass is 16.5. The number of ether oxygens (including phenoxy) is 4. The average molecular weight is 422 g/mol. The van der Waals surface area contributed by atoms with E-state index in [2.05, 4.69) is 0 Å². The number of Topliss-reactive ketones (excluding diaryl/α,β-unsaturated/α-hetero) is 1. The topological polar surface area (TPSA) is 74.2 Å². The quantitative estimate of drug-likeness (QED) is 0.501. The van der Waals surface area contributed by atoms with Gasteiger partial charge >= 0.3 is 0 Å². The Bertz CT molecular complexity index is 1100. The highest BCUT2D eigenvalue weighted by Gasteiger charge is 2.24. The van der Waals surface area contributed by atoms with Gasteiger partial charge in [-0.05, 0) is 49.2 Å². The van der Waals surface area contributed by atoms with E-state index in [9.17, 15) is 9.90 Å². The van der Waals surface area contributed by atoms with E-state index in [1.807, 2.05) is 19.9 Å². The molecular weight excluding hydrogens is 396 g/mol. The van der Waals surface area contributed by atoms with E-state index in [1.54, 1.807) is 43.5 Å². The van der Waals surface area contributed by atoms with Gasteiger partial charge in [0.05, 0.1) is 28.4 Å². The molecule has 31 heavy (non-hydrogen) atoms. The molecule has 0 bridgehead atoms. The number of ketones is 1. The van der Waals surface area contributed by atoms with Crippen LogP contribution in [0.15, 0.2) is 53.6 Å². The smallest absolute Gasteiger partial charge is 0.203 e. The Morgan fingerprint density at radius 2 is 1.39 bits per heavy atom. The van der Waals surface area contributed by atoms with Crippen molar-refractivity contribution >= 4 is 11.5 Å². The number of carbonyl (C=O) groups excluding carboxylic acids is 1. The van der Waals surface area contributed by atoms with Gasteiger partial charge in [0.1, 0.15) is 11.5 Å². The van der Waals surface area contributed by atoms with Crippen LogP contribution in [0.3, 0.4) is 0 Å². The molecule has 0 spiro atoms. The summed E-state index contributed by atoms with van der Waals surface area (Å²) in [6.45, 7) is 3.90. The first-order valence-electron chi connectivity index (χ1n) is 9.68. The Kier molecular flexibility index (Phi) is 6.39. The van der Waals surface area contributed by atoms with E-state index in [0.29, 0.717) is 45.3 Å². The van der Waals surface area contributed by atoms with Crippen molar-refractivity contribution in [1.82, 2.24) is 0 Å². The molecule has 2 aromatic carbocycles. The zero-order chi connectivity index (χ0) is 22.7. The van der Waals surface area contributed by atoms with Crippen molar-refractivity contribution in [2.24, 2.45) is 0 Å². The summed E-state index contributed by atoms with van der Waals surface area (Å²) in [5.41, 5.74) is 3.70. The number of hydrogen-bond donors (Lipinski definition) is 1. The van der Waals surface area contributed by atoms with Gasteiger partial charge in [0.25, 0.3) is 0 Å². The maximum Gasteiger partial charge on any atom is 0.203 e. The van der Waals surface area contributed by atoms with E-state index in [0.717, 1.165) is 11.1 Å². The highest BCUT2D eigenvalue weighted by Crippen LogP contribution is 2.40. The molecule has 1 aliphatic carbocycles. The maximum absolute atomic E-state index is 13.3. The van der Waals surface area contributed by atoms with Crippen molar-refractivity contribution in [1.29, 1.82) is 0 Å². The number of aliphatic hydroxyl groups is 1. The lowest BCUT2D eigenvalue weighted by atomic mass is 9.94. The van der Waals surface area contributed by atoms with Gasteiger partial charge in [-0.3, -0.25) is 4.79 Å². The van der Waals surface area contributed by atoms with Crippen LogP contribution in [0.5, 0.6) is 23.0 Å². The molecule has 0 heterocycles. The number of benzene rings is 2. The Morgan fingerprint density at radius 1 is 0.806 bits per heavy atom. The van der Waals surface area contributed by atoms with Crippen LogP contribution in [-0.4, -0.2) is 39.3 Å². The monoisotopic (exact) mass is 422 g/mol. The minimum atomic E-state index is -0.276. The van der Waals surface area contributed by atoms with Gasteiger partial charge in [0.15, 0.2) is 17.3 Å². The third-order valence-electron chi connectivity index (χ3n) is 5.36. The van der Waals surface area contributed by atoms with E-state index in [1.165, 1.54) is 21.3 Å². The first-order valence-corrected chi connectivity index (χ1v) is 9.68. The molecule has 0 unspecified atom stereocenters. The number of carbonyl (C=O) groups is 1. The van der Waals surface area contributed by atoms with Crippen molar-refractivity contribution in [3.8, 4) is 23.0 Å². The lowest BCUT2D eigenvalue weighted by Gasteiger charge is -2.15. The van der Waals surface area contributed by atoms with E-state index >= 15 is 0 Å². The van der Waals surface area contributed by atoms with Gasteiger partial charge in [0, 0.05) is 22.3 Å². The maximum atomic E-state index is 13.3. The molecule has 0 atom stereocenters. The molecule has 2 aromatic rings. The Morgan fingerprint density at radius 3 is 1.94 bits per heavy atom. The van der Waals surface area contributed by atoms with Crippen molar-refractivity contribution in [3.63, 3.8) is 0 Å². The summed E-state index contributed by atoms with van der Waals surface area (Å²) in [5, 5.41) is 11.0. The van der Waals surface area contributed by atoms with Crippen LogP contribution in [0.2, 0.25) is 0 Å². The van der Waals surface area contributed by atoms with Gasteiger partial charge in [0.2, 0.25) is 5.75 Å². The summed E-state index contributed by atoms with van der Waals surface area (Å²) < 4.78 is 21.5. The Labute approximate surface area is 182 Å². The molecule has 0 saturated carbocycles. The second kappa shape index (κ2) is 9.00. The third-order valence-corrected chi connectivity index (χ3v) is 5.36. The molecule has 0 amide bonds. The van der Waals surface area contributed by atoms with Gasteiger partial charge in [-0.1, -0.05) is 18.2 Å². The molecule has 0 saturated heterocycles. The largest absolute Gasteiger partial charge is 0.507 e. The predicted octanol–water partition coefficient (Wildman–Crippen LogP) is 4.99. The van der Waals surface area contributed by atoms with Crippen molar-refractivity contribution in [2.75, 3.05) is 28.4 Å². The lowest BCUT2D eigenvalue weighted by molar-refractivity contribution is 0.103. The van der Waals surface area contributed by atoms with E-state index in [4.69, 9.17) is 18.9 Å². The summed E-state index contributed by atoms with van der Waals surface area (Å²) >= 11 is 0. The minimum absolute atomic E-state index is 0.00203. The van der Waals surface area contributed by atoms with E-state index < -0.39 is 0 Å². The molecule has 1 aliphatic rings. The third kappa shape index (κ3) is 4.01. The Hall–Kier alpha value is -3.67. The van der Waals surface area contributed by atoms with Crippen LogP contribution in [0.1, 0.15) is 27.0 Å². The van der Waals surface area contributed by atoms with Gasteiger partial charge in [-0.25, -0.2) is 0 Å². The number of allylic oxidation sites excluding steroid dienone is 5. The number of methoxy groups -OCH3 is 4. The highest BCUT2D eigenvalue weighted by molar-refractivity contribution is 6.14. The van der Waals surface area contributed by atoms with Gasteiger partial charge < -0.3 is 24.1 Å². The zero-order valence-corrected chi connectivity index (χ0v) is 18.5. The first kappa shape index (κ1) is 22.0. The van der Waals surface area contributed by atoms with Crippen LogP contribution >= 0.6 is 0 Å². The number of aryl methyl sites for hydroxylation is 1. The van der Waals surface area contributed by atoms with E-state index in [-0.39, 0.29) is 11.5 Å². The standard InChI is InChI=1S/C25H26O6/c1-14-10-16(11-20(28-3)15(14)2)23(26)18-8-7-9-19(18)24(27)17-12-21(29-4)25(31-6)22(13-17)30-5/h7-13,26H,1-6H3. The van der Waals surface area contributed by atoms with Crippen LogP contribution in [-0.2, 0) is 0 Å². The minimum Gasteiger partial charge on any atom is -0.507 e. The molecule has 3 rings (SSSR count). The summed E-state index contributed by atoms with van der Waals surface area (Å²) in [7, 11) is 6.07. The van der Waals surface area contributed by atoms with Crippen molar-refractivity contribution in [3.05, 3.63) is 75.9 Å². The van der Waals surface area contributed by atoms with Crippen molar-refractivity contribution in [2.45, 2.75) is 13.8 Å². The van der Waals surface area contributed by atoms with Crippen LogP contribution < -0.4 is 18.9 Å². The molecule has 1 N–H and O–H groups in total. The summed E-state index contributed by atoms with van der Waals surface area (Å²) in [5.74, 6) is 1.56. The number of aliphatic hydroxyl groups excluding tert-OH is 1. The summed E-state index contributed by atoms with van der Waals surface area (Å²) in [4.78, 5) is 13.3. The van der Waals surface area contributed by atoms with Crippen LogP contribution in [0.4, 0.5) is 0 Å². The lowest BCUT2D eigenvalue weighted by Crippen LogP contribution is -2.07. The van der Waals surface area contributed by atoms with Gasteiger partial charge in [-0.2, -0.15) is 0 Å². The fraction of sp³-hybridized carbons (Fsp3) is 0.240. The molecule has 0 fully saturated rings.